The first-order chi connectivity index (χ1) is 12.0. The number of rotatable bonds is 3. The van der Waals surface area contributed by atoms with Crippen LogP contribution in [0, 0.1) is 11.3 Å². The van der Waals surface area contributed by atoms with Gasteiger partial charge in [0, 0.05) is 18.3 Å². The second-order valence-corrected chi connectivity index (χ2v) is 5.55. The first kappa shape index (κ1) is 16.2. The van der Waals surface area contributed by atoms with Gasteiger partial charge in [-0.05, 0) is 35.9 Å². The summed E-state index contributed by atoms with van der Waals surface area (Å²) in [7, 11) is 1.42. The summed E-state index contributed by atoms with van der Waals surface area (Å²) >= 11 is 0. The van der Waals surface area contributed by atoms with Gasteiger partial charge in [-0.1, -0.05) is 18.2 Å². The molecule has 1 aliphatic heterocycles. The fourth-order valence-electron chi connectivity index (χ4n) is 2.49. The molecule has 3 rings (SSSR count). The van der Waals surface area contributed by atoms with Crippen LogP contribution in [0.4, 0.5) is 10.5 Å². The number of nitrogens with one attached hydrogen (secondary N) is 2. The molecular weight excluding hydrogens is 320 g/mol. The van der Waals surface area contributed by atoms with Crippen LogP contribution in [0.1, 0.15) is 27.5 Å². The van der Waals surface area contributed by atoms with E-state index < -0.39 is 12.1 Å². The molecule has 0 saturated carbocycles. The highest BCUT2D eigenvalue weighted by molar-refractivity contribution is 6.05. The Morgan fingerprint density at radius 1 is 1.20 bits per heavy atom. The lowest BCUT2D eigenvalue weighted by Crippen LogP contribution is -2.25. The Kier molecular flexibility index (Phi) is 4.18. The zero-order valence-electron chi connectivity index (χ0n) is 13.3. The average Bonchev–Trinajstić information content (AvgIpc) is 2.90. The van der Waals surface area contributed by atoms with Crippen LogP contribution in [-0.4, -0.2) is 29.8 Å². The Labute approximate surface area is 143 Å². The number of carbonyl (C=O) groups excluding carboxylic acids is 3. The molecular formula is C18H14N4O3. The number of imide groups is 1. The molecule has 0 spiro atoms. The van der Waals surface area contributed by atoms with Crippen molar-refractivity contribution >= 4 is 23.5 Å². The first-order valence-corrected chi connectivity index (χ1v) is 7.49. The van der Waals surface area contributed by atoms with Crippen molar-refractivity contribution in [2.45, 2.75) is 6.04 Å². The number of hydrogen-bond acceptors (Lipinski definition) is 4. The van der Waals surface area contributed by atoms with Crippen LogP contribution in [0.15, 0.2) is 48.5 Å². The smallest absolute Gasteiger partial charge is 0.322 e. The molecule has 1 heterocycles. The maximum absolute atomic E-state index is 12.2. The van der Waals surface area contributed by atoms with Crippen molar-refractivity contribution in [3.05, 3.63) is 65.2 Å². The van der Waals surface area contributed by atoms with Crippen molar-refractivity contribution < 1.29 is 14.4 Å². The van der Waals surface area contributed by atoms with Crippen molar-refractivity contribution in [1.82, 2.24) is 10.2 Å². The third-order valence-electron chi connectivity index (χ3n) is 3.91. The summed E-state index contributed by atoms with van der Waals surface area (Å²) in [5.41, 5.74) is 1.96. The number of urea groups is 1. The molecule has 0 bridgehead atoms. The van der Waals surface area contributed by atoms with E-state index in [0.29, 0.717) is 22.4 Å². The summed E-state index contributed by atoms with van der Waals surface area (Å²) in [5.74, 6) is -0.662. The van der Waals surface area contributed by atoms with E-state index in [1.807, 2.05) is 6.07 Å². The highest BCUT2D eigenvalue weighted by Crippen LogP contribution is 2.22. The molecule has 2 aromatic carbocycles. The Hall–Kier alpha value is -3.66. The molecule has 7 heteroatoms. The topological polar surface area (TPSA) is 102 Å². The van der Waals surface area contributed by atoms with Gasteiger partial charge in [0.15, 0.2) is 0 Å². The SMILES string of the molecule is CN1C(=O)NC(c2ccc(NC(=O)c3cccc(C#N)c3)cc2)C1=O. The third-order valence-corrected chi connectivity index (χ3v) is 3.91. The number of likely N-dealkylation sites (N-methyl/N-ethyl adjacent to an activating group) is 1. The van der Waals surface area contributed by atoms with Gasteiger partial charge in [-0.25, -0.2) is 4.79 Å². The fourth-order valence-corrected chi connectivity index (χ4v) is 2.49. The molecule has 1 fully saturated rings. The number of nitrogens with zero attached hydrogens (tertiary/aromatic N) is 2. The highest BCUT2D eigenvalue weighted by atomic mass is 16.2. The zero-order chi connectivity index (χ0) is 18.0. The lowest BCUT2D eigenvalue weighted by molar-refractivity contribution is -0.126. The quantitative estimate of drug-likeness (QED) is 0.838. The van der Waals surface area contributed by atoms with Crippen molar-refractivity contribution in [3.63, 3.8) is 0 Å². The third kappa shape index (κ3) is 3.19. The molecule has 1 atom stereocenters. The number of nitriles is 1. The predicted octanol–water partition coefficient (Wildman–Crippen LogP) is 2.03. The van der Waals surface area contributed by atoms with Crippen LogP contribution in [0.3, 0.4) is 0 Å². The van der Waals surface area contributed by atoms with Crippen LogP contribution in [0.25, 0.3) is 0 Å². The highest BCUT2D eigenvalue weighted by Gasteiger charge is 2.36. The van der Waals surface area contributed by atoms with Crippen LogP contribution in [0.2, 0.25) is 0 Å². The fraction of sp³-hybridized carbons (Fsp3) is 0.111. The largest absolute Gasteiger partial charge is 0.324 e. The van der Waals surface area contributed by atoms with Crippen LogP contribution in [-0.2, 0) is 4.79 Å². The van der Waals surface area contributed by atoms with Gasteiger partial charge in [0.2, 0.25) is 0 Å². The van der Waals surface area contributed by atoms with Gasteiger partial charge in [0.05, 0.1) is 11.6 Å². The summed E-state index contributed by atoms with van der Waals surface area (Å²) in [6, 6.07) is 13.9. The number of hydrogen-bond donors (Lipinski definition) is 2. The minimum Gasteiger partial charge on any atom is -0.322 e. The standard InChI is InChI=1S/C18H14N4O3/c1-22-17(24)15(21-18(22)25)12-5-7-14(8-6-12)20-16(23)13-4-2-3-11(9-13)10-19/h2-9,15H,1H3,(H,20,23)(H,21,25). The number of anilines is 1. The van der Waals surface area contributed by atoms with Gasteiger partial charge in [-0.2, -0.15) is 5.26 Å². The van der Waals surface area contributed by atoms with Gasteiger partial charge in [-0.3, -0.25) is 14.5 Å². The average molecular weight is 334 g/mol. The molecule has 7 nitrogen and oxygen atoms in total. The normalized spacial score (nSPS) is 16.3. The lowest BCUT2D eigenvalue weighted by Gasteiger charge is -2.10. The summed E-state index contributed by atoms with van der Waals surface area (Å²) < 4.78 is 0. The van der Waals surface area contributed by atoms with E-state index in [9.17, 15) is 14.4 Å². The second kappa shape index (κ2) is 6.45. The predicted molar refractivity (Wildman–Crippen MR) is 89.6 cm³/mol. The molecule has 25 heavy (non-hydrogen) atoms. The van der Waals surface area contributed by atoms with Gasteiger partial charge in [0.1, 0.15) is 6.04 Å². The van der Waals surface area contributed by atoms with Crippen molar-refractivity contribution in [1.29, 1.82) is 5.26 Å². The molecule has 2 aromatic rings. The van der Waals surface area contributed by atoms with Crippen molar-refractivity contribution in [2.75, 3.05) is 12.4 Å². The summed E-state index contributed by atoms with van der Waals surface area (Å²) in [6.45, 7) is 0. The van der Waals surface area contributed by atoms with Gasteiger partial charge < -0.3 is 10.6 Å². The second-order valence-electron chi connectivity index (χ2n) is 5.55. The summed E-state index contributed by atoms with van der Waals surface area (Å²) in [4.78, 5) is 36.7. The molecule has 0 aromatic heterocycles. The van der Waals surface area contributed by atoms with Crippen molar-refractivity contribution in [2.24, 2.45) is 0 Å². The molecule has 124 valence electrons. The Morgan fingerprint density at radius 2 is 1.92 bits per heavy atom. The van der Waals surface area contributed by atoms with Crippen LogP contribution >= 0.6 is 0 Å². The summed E-state index contributed by atoms with van der Waals surface area (Å²) in [6.07, 6.45) is 0. The van der Waals surface area contributed by atoms with Crippen LogP contribution in [0.5, 0.6) is 0 Å². The van der Waals surface area contributed by atoms with Crippen LogP contribution < -0.4 is 10.6 Å². The van der Waals surface area contributed by atoms with E-state index in [0.717, 1.165) is 4.90 Å². The van der Waals surface area contributed by atoms with E-state index in [1.54, 1.807) is 42.5 Å². The number of amides is 4. The van der Waals surface area contributed by atoms with E-state index in [2.05, 4.69) is 10.6 Å². The van der Waals surface area contributed by atoms with Crippen molar-refractivity contribution in [3.8, 4) is 6.07 Å². The van der Waals surface area contributed by atoms with E-state index in [4.69, 9.17) is 5.26 Å². The molecule has 0 radical (unpaired) electrons. The number of benzene rings is 2. The minimum atomic E-state index is -0.713. The molecule has 0 aliphatic carbocycles. The van der Waals surface area contributed by atoms with E-state index in [-0.39, 0.29) is 11.8 Å². The minimum absolute atomic E-state index is 0.324. The maximum atomic E-state index is 12.2. The molecule has 4 amide bonds. The maximum Gasteiger partial charge on any atom is 0.324 e. The Balaban J connectivity index is 1.73. The Bertz CT molecular complexity index is 899. The molecule has 1 unspecified atom stereocenters. The van der Waals surface area contributed by atoms with E-state index >= 15 is 0 Å². The van der Waals surface area contributed by atoms with Gasteiger partial charge >= 0.3 is 6.03 Å². The summed E-state index contributed by atoms with van der Waals surface area (Å²) in [5, 5.41) is 14.2. The monoisotopic (exact) mass is 334 g/mol. The van der Waals surface area contributed by atoms with Gasteiger partial charge in [0.25, 0.3) is 11.8 Å². The number of carbonyl (C=O) groups is 3. The Morgan fingerprint density at radius 3 is 2.52 bits per heavy atom. The van der Waals surface area contributed by atoms with Gasteiger partial charge in [-0.15, -0.1) is 0 Å². The zero-order valence-corrected chi connectivity index (χ0v) is 13.3. The molecule has 2 N–H and O–H groups in total. The van der Waals surface area contributed by atoms with E-state index in [1.165, 1.54) is 13.1 Å². The first-order valence-electron chi connectivity index (χ1n) is 7.49. The molecule has 1 aliphatic rings. The molecule has 1 saturated heterocycles. The lowest BCUT2D eigenvalue weighted by atomic mass is 10.1.